The molecule has 0 unspecified atom stereocenters. The van der Waals surface area contributed by atoms with Gasteiger partial charge in [0.2, 0.25) is 0 Å². The first-order valence-electron chi connectivity index (χ1n) is 5.32. The summed E-state index contributed by atoms with van der Waals surface area (Å²) in [5.74, 6) is 0. The highest BCUT2D eigenvalue weighted by atomic mass is 32.1. The molecule has 1 atom stereocenters. The summed E-state index contributed by atoms with van der Waals surface area (Å²) in [6, 6.07) is 0. The van der Waals surface area contributed by atoms with Gasteiger partial charge >= 0.3 is 0 Å². The van der Waals surface area contributed by atoms with Crippen LogP contribution in [0.5, 0.6) is 0 Å². The second-order valence-electron chi connectivity index (χ2n) is 4.51. The molecule has 0 aromatic rings. The smallest absolute Gasteiger partial charge is 0.166 e. The Morgan fingerprint density at radius 1 is 1.60 bits per heavy atom. The minimum atomic E-state index is -0.374. The van der Waals surface area contributed by atoms with Crippen molar-refractivity contribution in [3.63, 3.8) is 0 Å². The SMILES string of the molecule is CC(C)(CO)NC(=S)NC[C@@H]1CCCO1. The van der Waals surface area contributed by atoms with Crippen LogP contribution in [-0.4, -0.2) is 41.6 Å². The molecule has 0 bridgehead atoms. The topological polar surface area (TPSA) is 53.5 Å². The largest absolute Gasteiger partial charge is 0.394 e. The molecule has 0 aromatic heterocycles. The van der Waals surface area contributed by atoms with Gasteiger partial charge in [-0.3, -0.25) is 0 Å². The lowest BCUT2D eigenvalue weighted by Crippen LogP contribution is -2.51. The Morgan fingerprint density at radius 2 is 2.33 bits per heavy atom. The standard InChI is InChI=1S/C10H20N2O2S/c1-10(2,7-13)12-9(15)11-6-8-4-3-5-14-8/h8,13H,3-7H2,1-2H3,(H2,11,12,15)/t8-/m0/s1. The van der Waals surface area contributed by atoms with E-state index in [1.165, 1.54) is 0 Å². The molecule has 88 valence electrons. The first kappa shape index (κ1) is 12.7. The monoisotopic (exact) mass is 232 g/mol. The zero-order chi connectivity index (χ0) is 11.3. The Kier molecular flexibility index (Phi) is 4.76. The maximum atomic E-state index is 9.05. The highest BCUT2D eigenvalue weighted by molar-refractivity contribution is 7.80. The van der Waals surface area contributed by atoms with Crippen LogP contribution in [0.2, 0.25) is 0 Å². The molecule has 0 aromatic carbocycles. The van der Waals surface area contributed by atoms with Crippen molar-refractivity contribution in [1.29, 1.82) is 0 Å². The van der Waals surface area contributed by atoms with Gasteiger partial charge in [0.15, 0.2) is 5.11 Å². The van der Waals surface area contributed by atoms with Crippen molar-refractivity contribution in [2.75, 3.05) is 19.8 Å². The van der Waals surface area contributed by atoms with E-state index in [0.29, 0.717) is 5.11 Å². The van der Waals surface area contributed by atoms with E-state index in [0.717, 1.165) is 26.0 Å². The van der Waals surface area contributed by atoms with Gasteiger partial charge in [-0.25, -0.2) is 0 Å². The van der Waals surface area contributed by atoms with Crippen LogP contribution in [0.1, 0.15) is 26.7 Å². The minimum absolute atomic E-state index is 0.0503. The predicted molar refractivity (Wildman–Crippen MR) is 63.9 cm³/mol. The molecule has 5 heteroatoms. The highest BCUT2D eigenvalue weighted by Crippen LogP contribution is 2.10. The Hall–Kier alpha value is -0.390. The van der Waals surface area contributed by atoms with Gasteiger partial charge in [0.05, 0.1) is 18.2 Å². The summed E-state index contributed by atoms with van der Waals surface area (Å²) in [6.45, 7) is 5.44. The van der Waals surface area contributed by atoms with Crippen LogP contribution < -0.4 is 10.6 Å². The normalized spacial score (nSPS) is 21.4. The van der Waals surface area contributed by atoms with E-state index >= 15 is 0 Å². The predicted octanol–water partition coefficient (Wildman–Crippen LogP) is 0.400. The van der Waals surface area contributed by atoms with E-state index in [1.54, 1.807) is 0 Å². The zero-order valence-electron chi connectivity index (χ0n) is 9.38. The van der Waals surface area contributed by atoms with E-state index in [1.807, 2.05) is 13.8 Å². The second kappa shape index (κ2) is 5.63. The summed E-state index contributed by atoms with van der Waals surface area (Å²) in [7, 11) is 0. The van der Waals surface area contributed by atoms with Crippen molar-refractivity contribution in [2.24, 2.45) is 0 Å². The number of aliphatic hydroxyl groups is 1. The molecule has 0 radical (unpaired) electrons. The van der Waals surface area contributed by atoms with Crippen LogP contribution in [0.15, 0.2) is 0 Å². The van der Waals surface area contributed by atoms with Gasteiger partial charge in [-0.1, -0.05) is 0 Å². The van der Waals surface area contributed by atoms with Crippen molar-refractivity contribution in [3.05, 3.63) is 0 Å². The average Bonchev–Trinajstić information content (AvgIpc) is 2.66. The van der Waals surface area contributed by atoms with Crippen molar-refractivity contribution >= 4 is 17.3 Å². The molecular formula is C10H20N2O2S. The first-order valence-corrected chi connectivity index (χ1v) is 5.73. The highest BCUT2D eigenvalue weighted by Gasteiger charge is 2.19. The summed E-state index contributed by atoms with van der Waals surface area (Å²) in [5.41, 5.74) is -0.374. The molecular weight excluding hydrogens is 212 g/mol. The quantitative estimate of drug-likeness (QED) is 0.613. The molecule has 1 rings (SSSR count). The molecule has 3 N–H and O–H groups in total. The molecule has 15 heavy (non-hydrogen) atoms. The number of aliphatic hydroxyl groups excluding tert-OH is 1. The number of rotatable bonds is 4. The fraction of sp³-hybridized carbons (Fsp3) is 0.900. The molecule has 0 aliphatic carbocycles. The molecule has 1 heterocycles. The zero-order valence-corrected chi connectivity index (χ0v) is 10.2. The number of nitrogens with one attached hydrogen (secondary N) is 2. The fourth-order valence-electron chi connectivity index (χ4n) is 1.40. The summed E-state index contributed by atoms with van der Waals surface area (Å²) < 4.78 is 5.46. The van der Waals surface area contributed by atoms with Crippen LogP contribution >= 0.6 is 12.2 Å². The molecule has 0 spiro atoms. The van der Waals surface area contributed by atoms with Gasteiger partial charge in [0.1, 0.15) is 0 Å². The first-order chi connectivity index (χ1) is 7.03. The van der Waals surface area contributed by atoms with E-state index in [-0.39, 0.29) is 18.2 Å². The third-order valence-electron chi connectivity index (χ3n) is 2.36. The molecule has 4 nitrogen and oxygen atoms in total. The lowest BCUT2D eigenvalue weighted by molar-refractivity contribution is 0.113. The summed E-state index contributed by atoms with van der Waals surface area (Å²) in [4.78, 5) is 0. The van der Waals surface area contributed by atoms with Gasteiger partial charge in [0.25, 0.3) is 0 Å². The maximum Gasteiger partial charge on any atom is 0.166 e. The summed E-state index contributed by atoms with van der Waals surface area (Å²) in [6.07, 6.45) is 2.51. The van der Waals surface area contributed by atoms with E-state index in [2.05, 4.69) is 10.6 Å². The molecule has 0 saturated carbocycles. The van der Waals surface area contributed by atoms with Crippen LogP contribution in [0.25, 0.3) is 0 Å². The van der Waals surface area contributed by atoms with Gasteiger partial charge in [-0.05, 0) is 38.9 Å². The Labute approximate surface area is 96.4 Å². The Balaban J connectivity index is 2.18. The Morgan fingerprint density at radius 3 is 2.87 bits per heavy atom. The van der Waals surface area contributed by atoms with Crippen LogP contribution in [0.3, 0.4) is 0 Å². The van der Waals surface area contributed by atoms with E-state index in [9.17, 15) is 0 Å². The number of thiocarbonyl (C=S) groups is 1. The molecule has 0 amide bonds. The van der Waals surface area contributed by atoms with Crippen molar-refractivity contribution in [3.8, 4) is 0 Å². The summed E-state index contributed by atoms with van der Waals surface area (Å²) >= 11 is 5.11. The average molecular weight is 232 g/mol. The maximum absolute atomic E-state index is 9.05. The van der Waals surface area contributed by atoms with Gasteiger partial charge in [0, 0.05) is 13.2 Å². The van der Waals surface area contributed by atoms with Gasteiger partial charge < -0.3 is 20.5 Å². The molecule has 1 fully saturated rings. The van der Waals surface area contributed by atoms with E-state index in [4.69, 9.17) is 22.1 Å². The van der Waals surface area contributed by atoms with Gasteiger partial charge in [-0.2, -0.15) is 0 Å². The second-order valence-corrected chi connectivity index (χ2v) is 4.92. The van der Waals surface area contributed by atoms with Crippen LogP contribution in [-0.2, 0) is 4.74 Å². The lowest BCUT2D eigenvalue weighted by atomic mass is 10.1. The van der Waals surface area contributed by atoms with Crippen LogP contribution in [0, 0.1) is 0 Å². The third-order valence-corrected chi connectivity index (χ3v) is 2.61. The molecule has 1 aliphatic rings. The fourth-order valence-corrected chi connectivity index (χ4v) is 1.76. The molecule has 1 aliphatic heterocycles. The van der Waals surface area contributed by atoms with Gasteiger partial charge in [-0.15, -0.1) is 0 Å². The molecule has 1 saturated heterocycles. The lowest BCUT2D eigenvalue weighted by Gasteiger charge is -2.26. The van der Waals surface area contributed by atoms with Crippen LogP contribution in [0.4, 0.5) is 0 Å². The van der Waals surface area contributed by atoms with Crippen molar-refractivity contribution < 1.29 is 9.84 Å². The third kappa shape index (κ3) is 4.77. The van der Waals surface area contributed by atoms with Crippen molar-refractivity contribution in [2.45, 2.75) is 38.3 Å². The minimum Gasteiger partial charge on any atom is -0.394 e. The summed E-state index contributed by atoms with van der Waals surface area (Å²) in [5, 5.41) is 15.8. The van der Waals surface area contributed by atoms with E-state index < -0.39 is 0 Å². The van der Waals surface area contributed by atoms with Crippen molar-refractivity contribution in [1.82, 2.24) is 10.6 Å². The Bertz CT molecular complexity index is 215. The number of ether oxygens (including phenoxy) is 1. The number of hydrogen-bond acceptors (Lipinski definition) is 3. The number of hydrogen-bond donors (Lipinski definition) is 3.